The highest BCUT2D eigenvalue weighted by molar-refractivity contribution is 6.71. The van der Waals surface area contributed by atoms with Crippen LogP contribution in [0.25, 0.3) is 0 Å². The first-order chi connectivity index (χ1) is 8.02. The minimum absolute atomic E-state index is 0.0662. The van der Waals surface area contributed by atoms with Crippen LogP contribution in [0.15, 0.2) is 0 Å². The summed E-state index contributed by atoms with van der Waals surface area (Å²) in [7, 11) is 0.547. The molecule has 0 spiro atoms. The third-order valence-corrected chi connectivity index (χ3v) is 6.25. The van der Waals surface area contributed by atoms with Crippen molar-refractivity contribution >= 4 is 8.32 Å². The second kappa shape index (κ2) is 10.1. The van der Waals surface area contributed by atoms with Gasteiger partial charge in [0.2, 0.25) is 0 Å². The van der Waals surface area contributed by atoms with Gasteiger partial charge in [0, 0.05) is 7.11 Å². The summed E-state index contributed by atoms with van der Waals surface area (Å²) in [5.41, 5.74) is 0. The van der Waals surface area contributed by atoms with Crippen molar-refractivity contribution in [1.29, 1.82) is 0 Å². The zero-order valence-electron chi connectivity index (χ0n) is 12.3. The second-order valence-corrected chi connectivity index (χ2v) is 10.1. The molecule has 1 N–H and O–H groups in total. The summed E-state index contributed by atoms with van der Waals surface area (Å²) in [6.45, 7) is 6.63. The molecule has 0 aromatic heterocycles. The monoisotopic (exact) mass is 260 g/mol. The van der Waals surface area contributed by atoms with E-state index in [4.69, 9.17) is 4.43 Å². The molecule has 2 nitrogen and oxygen atoms in total. The first-order valence-corrected chi connectivity index (χ1v) is 10.4. The average Bonchev–Trinajstić information content (AvgIpc) is 2.32. The SMILES string of the molecule is CCC(O)CCCCCCCC[Si](C)(C)OC. The molecule has 0 saturated heterocycles. The molecule has 1 atom stereocenters. The van der Waals surface area contributed by atoms with E-state index >= 15 is 0 Å². The van der Waals surface area contributed by atoms with Crippen molar-refractivity contribution in [2.75, 3.05) is 7.11 Å². The Labute approximate surface area is 109 Å². The zero-order valence-corrected chi connectivity index (χ0v) is 13.3. The molecule has 104 valence electrons. The quantitative estimate of drug-likeness (QED) is 0.442. The van der Waals surface area contributed by atoms with E-state index in [9.17, 15) is 5.11 Å². The van der Waals surface area contributed by atoms with Gasteiger partial charge in [-0.1, -0.05) is 45.4 Å². The van der Waals surface area contributed by atoms with Gasteiger partial charge in [-0.2, -0.15) is 0 Å². The van der Waals surface area contributed by atoms with Crippen LogP contribution in [0.5, 0.6) is 0 Å². The third-order valence-electron chi connectivity index (χ3n) is 3.59. The Kier molecular flexibility index (Phi) is 10.2. The minimum atomic E-state index is -1.31. The van der Waals surface area contributed by atoms with Gasteiger partial charge in [-0.15, -0.1) is 0 Å². The number of hydrogen-bond donors (Lipinski definition) is 1. The van der Waals surface area contributed by atoms with Crippen LogP contribution in [0, 0.1) is 0 Å². The summed E-state index contributed by atoms with van der Waals surface area (Å²) < 4.78 is 5.53. The number of hydrogen-bond acceptors (Lipinski definition) is 2. The second-order valence-electron chi connectivity index (χ2n) is 5.69. The molecule has 0 amide bonds. The molecule has 3 heteroatoms. The lowest BCUT2D eigenvalue weighted by molar-refractivity contribution is 0.156. The highest BCUT2D eigenvalue weighted by atomic mass is 28.4. The standard InChI is InChI=1S/C14H32O2Si/c1-5-14(15)12-10-8-6-7-9-11-13-17(3,4)16-2/h14-15H,5-13H2,1-4H3. The van der Waals surface area contributed by atoms with Gasteiger partial charge >= 0.3 is 0 Å². The Morgan fingerprint density at radius 3 is 2.06 bits per heavy atom. The van der Waals surface area contributed by atoms with E-state index in [-0.39, 0.29) is 6.10 Å². The lowest BCUT2D eigenvalue weighted by Crippen LogP contribution is -2.27. The molecule has 0 aliphatic heterocycles. The molecular weight excluding hydrogens is 228 g/mol. The fourth-order valence-corrected chi connectivity index (χ4v) is 3.25. The van der Waals surface area contributed by atoms with Crippen LogP contribution in [0.2, 0.25) is 19.1 Å². The lowest BCUT2D eigenvalue weighted by Gasteiger charge is -2.19. The Balaban J connectivity index is 3.19. The predicted molar refractivity (Wildman–Crippen MR) is 77.9 cm³/mol. The highest BCUT2D eigenvalue weighted by Gasteiger charge is 2.18. The summed E-state index contributed by atoms with van der Waals surface area (Å²) in [4.78, 5) is 0. The van der Waals surface area contributed by atoms with E-state index in [1.807, 2.05) is 14.0 Å². The van der Waals surface area contributed by atoms with Crippen molar-refractivity contribution in [2.24, 2.45) is 0 Å². The van der Waals surface area contributed by atoms with Crippen LogP contribution in [-0.4, -0.2) is 26.6 Å². The molecule has 0 aromatic rings. The van der Waals surface area contributed by atoms with E-state index < -0.39 is 8.32 Å². The van der Waals surface area contributed by atoms with Crippen molar-refractivity contribution in [3.8, 4) is 0 Å². The van der Waals surface area contributed by atoms with Crippen LogP contribution < -0.4 is 0 Å². The number of aliphatic hydroxyl groups excluding tert-OH is 1. The van der Waals surface area contributed by atoms with Gasteiger partial charge in [-0.05, 0) is 32.0 Å². The maximum Gasteiger partial charge on any atom is 0.186 e. The molecule has 0 radical (unpaired) electrons. The van der Waals surface area contributed by atoms with Crippen LogP contribution in [-0.2, 0) is 4.43 Å². The fraction of sp³-hybridized carbons (Fsp3) is 1.00. The van der Waals surface area contributed by atoms with Gasteiger partial charge in [-0.25, -0.2) is 0 Å². The normalized spacial score (nSPS) is 13.9. The molecule has 0 saturated carbocycles. The Morgan fingerprint density at radius 1 is 1.00 bits per heavy atom. The number of rotatable bonds is 11. The van der Waals surface area contributed by atoms with Crippen LogP contribution in [0.4, 0.5) is 0 Å². The zero-order chi connectivity index (χ0) is 13.1. The average molecular weight is 260 g/mol. The molecule has 0 rings (SSSR count). The summed E-state index contributed by atoms with van der Waals surface area (Å²) >= 11 is 0. The van der Waals surface area contributed by atoms with E-state index in [2.05, 4.69) is 13.1 Å². The Morgan fingerprint density at radius 2 is 1.53 bits per heavy atom. The van der Waals surface area contributed by atoms with Gasteiger partial charge in [0.25, 0.3) is 0 Å². The molecular formula is C14H32O2Si. The molecule has 0 fully saturated rings. The van der Waals surface area contributed by atoms with Crippen LogP contribution >= 0.6 is 0 Å². The number of unbranched alkanes of at least 4 members (excludes halogenated alkanes) is 5. The van der Waals surface area contributed by atoms with Crippen LogP contribution in [0.1, 0.15) is 58.3 Å². The first-order valence-electron chi connectivity index (χ1n) is 7.25. The van der Waals surface area contributed by atoms with Crippen molar-refractivity contribution in [3.63, 3.8) is 0 Å². The molecule has 0 aromatic carbocycles. The largest absolute Gasteiger partial charge is 0.420 e. The smallest absolute Gasteiger partial charge is 0.186 e. The minimum Gasteiger partial charge on any atom is -0.420 e. The summed E-state index contributed by atoms with van der Waals surface area (Å²) in [6.07, 6.45) is 9.62. The van der Waals surface area contributed by atoms with E-state index in [0.717, 1.165) is 12.8 Å². The Bertz CT molecular complexity index is 172. The van der Waals surface area contributed by atoms with Gasteiger partial charge < -0.3 is 9.53 Å². The molecule has 17 heavy (non-hydrogen) atoms. The first kappa shape index (κ1) is 17.1. The predicted octanol–water partition coefficient (Wildman–Crippen LogP) is 4.34. The third kappa shape index (κ3) is 11.0. The molecule has 0 aliphatic carbocycles. The lowest BCUT2D eigenvalue weighted by atomic mass is 10.1. The topological polar surface area (TPSA) is 29.5 Å². The van der Waals surface area contributed by atoms with Crippen molar-refractivity contribution in [1.82, 2.24) is 0 Å². The summed E-state index contributed by atoms with van der Waals surface area (Å²) in [5, 5.41) is 9.41. The molecule has 0 heterocycles. The molecule has 1 unspecified atom stereocenters. The summed E-state index contributed by atoms with van der Waals surface area (Å²) in [6, 6.07) is 1.29. The van der Waals surface area contributed by atoms with Gasteiger partial charge in [0.15, 0.2) is 8.32 Å². The van der Waals surface area contributed by atoms with Gasteiger partial charge in [-0.3, -0.25) is 0 Å². The van der Waals surface area contributed by atoms with E-state index in [1.165, 1.54) is 44.6 Å². The molecule has 0 aliphatic rings. The van der Waals surface area contributed by atoms with E-state index in [1.54, 1.807) is 0 Å². The fourth-order valence-electron chi connectivity index (χ4n) is 1.94. The maximum atomic E-state index is 9.41. The van der Waals surface area contributed by atoms with Crippen molar-refractivity contribution in [3.05, 3.63) is 0 Å². The van der Waals surface area contributed by atoms with Gasteiger partial charge in [0.05, 0.1) is 6.10 Å². The molecule has 0 bridgehead atoms. The summed E-state index contributed by atoms with van der Waals surface area (Å²) in [5.74, 6) is 0. The maximum absolute atomic E-state index is 9.41. The van der Waals surface area contributed by atoms with Crippen molar-refractivity contribution in [2.45, 2.75) is 83.5 Å². The van der Waals surface area contributed by atoms with Crippen molar-refractivity contribution < 1.29 is 9.53 Å². The van der Waals surface area contributed by atoms with Gasteiger partial charge in [0.1, 0.15) is 0 Å². The number of aliphatic hydroxyl groups is 1. The highest BCUT2D eigenvalue weighted by Crippen LogP contribution is 2.16. The van der Waals surface area contributed by atoms with E-state index in [0.29, 0.717) is 0 Å². The van der Waals surface area contributed by atoms with Crippen LogP contribution in [0.3, 0.4) is 0 Å². The Hall–Kier alpha value is 0.137.